The van der Waals surface area contributed by atoms with Crippen LogP contribution in [0.5, 0.6) is 0 Å². The van der Waals surface area contributed by atoms with E-state index in [2.05, 4.69) is 41.2 Å². The van der Waals surface area contributed by atoms with Gasteiger partial charge in [0.05, 0.1) is 10.6 Å². The lowest BCUT2D eigenvalue weighted by atomic mass is 10.1. The first-order chi connectivity index (χ1) is 15.3. The van der Waals surface area contributed by atoms with Crippen LogP contribution in [0.25, 0.3) is 0 Å². The minimum atomic E-state index is -3.73. The Morgan fingerprint density at radius 1 is 0.875 bits per heavy atom. The largest absolute Gasteiger partial charge is 0.351 e. The van der Waals surface area contributed by atoms with Gasteiger partial charge in [0, 0.05) is 23.6 Å². The molecule has 168 valence electrons. The first-order valence-corrected chi connectivity index (χ1v) is 13.0. The van der Waals surface area contributed by atoms with Gasteiger partial charge in [-0.1, -0.05) is 53.6 Å². The number of sulfonamides is 1. The number of nitrogens with one attached hydrogen (secondary N) is 2. The number of rotatable bonds is 9. The Balaban J connectivity index is 1.57. The molecule has 0 aliphatic rings. The molecule has 0 aromatic heterocycles. The zero-order valence-electron chi connectivity index (χ0n) is 18.5. The van der Waals surface area contributed by atoms with Crippen molar-refractivity contribution in [1.29, 1.82) is 0 Å². The highest BCUT2D eigenvalue weighted by atomic mass is 32.2. The van der Waals surface area contributed by atoms with Crippen LogP contribution < -0.4 is 10.0 Å². The van der Waals surface area contributed by atoms with Crippen molar-refractivity contribution in [1.82, 2.24) is 5.32 Å². The Bertz CT molecular complexity index is 1170. The van der Waals surface area contributed by atoms with Crippen LogP contribution in [0, 0.1) is 20.8 Å². The Kier molecular flexibility index (Phi) is 7.99. The van der Waals surface area contributed by atoms with Crippen LogP contribution in [0.4, 0.5) is 5.69 Å². The van der Waals surface area contributed by atoms with Crippen LogP contribution in [-0.2, 0) is 15.8 Å². The van der Waals surface area contributed by atoms with Gasteiger partial charge in [-0.15, -0.1) is 0 Å². The highest BCUT2D eigenvalue weighted by Crippen LogP contribution is 2.23. The molecule has 7 heteroatoms. The molecule has 32 heavy (non-hydrogen) atoms. The number of anilines is 1. The molecule has 3 aromatic carbocycles. The van der Waals surface area contributed by atoms with Crippen LogP contribution in [0.1, 0.15) is 32.6 Å². The van der Waals surface area contributed by atoms with Gasteiger partial charge < -0.3 is 5.32 Å². The molecule has 0 fully saturated rings. The maximum atomic E-state index is 12.7. The Morgan fingerprint density at radius 3 is 2.16 bits per heavy atom. The summed E-state index contributed by atoms with van der Waals surface area (Å²) in [5.41, 5.74) is 4.93. The van der Waals surface area contributed by atoms with Crippen LogP contribution in [-0.4, -0.2) is 26.6 Å². The zero-order chi connectivity index (χ0) is 23.1. The van der Waals surface area contributed by atoms with Crippen LogP contribution in [0.2, 0.25) is 0 Å². The summed E-state index contributed by atoms with van der Waals surface area (Å²) < 4.78 is 28.0. The normalized spacial score (nSPS) is 11.2. The monoisotopic (exact) mass is 468 g/mol. The zero-order valence-corrected chi connectivity index (χ0v) is 20.1. The summed E-state index contributed by atoms with van der Waals surface area (Å²) >= 11 is 1.76. The highest BCUT2D eigenvalue weighted by molar-refractivity contribution is 7.98. The van der Waals surface area contributed by atoms with Crippen LogP contribution in [0.15, 0.2) is 71.6 Å². The van der Waals surface area contributed by atoms with E-state index in [1.807, 2.05) is 6.92 Å². The molecule has 1 amide bonds. The molecule has 2 N–H and O–H groups in total. The number of benzene rings is 3. The van der Waals surface area contributed by atoms with Crippen molar-refractivity contribution in [3.05, 3.63) is 94.5 Å². The lowest BCUT2D eigenvalue weighted by molar-refractivity contribution is 0.0955. The lowest BCUT2D eigenvalue weighted by Crippen LogP contribution is -2.27. The predicted octanol–water partition coefficient (Wildman–Crippen LogP) is 5.08. The second-order valence-electron chi connectivity index (χ2n) is 7.69. The van der Waals surface area contributed by atoms with Gasteiger partial charge in [-0.2, -0.15) is 11.8 Å². The van der Waals surface area contributed by atoms with Crippen LogP contribution in [0.3, 0.4) is 0 Å². The third kappa shape index (κ3) is 6.37. The fourth-order valence-corrected chi connectivity index (χ4v) is 5.06. The summed E-state index contributed by atoms with van der Waals surface area (Å²) in [5.74, 6) is 1.47. The van der Waals surface area contributed by atoms with E-state index in [0.717, 1.165) is 17.1 Å². The Morgan fingerprint density at radius 2 is 1.50 bits per heavy atom. The molecule has 0 bridgehead atoms. The molecule has 0 saturated heterocycles. The number of carbonyl (C=O) groups is 1. The maximum Gasteiger partial charge on any atom is 0.261 e. The number of hydrogen-bond donors (Lipinski definition) is 2. The van der Waals surface area contributed by atoms with Crippen molar-refractivity contribution >= 4 is 33.4 Å². The molecule has 0 atom stereocenters. The van der Waals surface area contributed by atoms with Gasteiger partial charge >= 0.3 is 0 Å². The van der Waals surface area contributed by atoms with Crippen molar-refractivity contribution in [2.24, 2.45) is 0 Å². The standard InChI is InChI=1S/C25H28N2O3S2/c1-18-7-11-21(12-8-18)17-31-16-15-26-25(28)23-5-4-6-24(20(23)3)27-32(29,30)22-13-9-19(2)10-14-22/h4-14,27H,15-17H2,1-3H3,(H,26,28). The summed E-state index contributed by atoms with van der Waals surface area (Å²) in [6.45, 7) is 6.25. The molecule has 5 nitrogen and oxygen atoms in total. The summed E-state index contributed by atoms with van der Waals surface area (Å²) in [4.78, 5) is 12.8. The molecule has 0 aliphatic heterocycles. The minimum absolute atomic E-state index is 0.183. The van der Waals surface area contributed by atoms with Crippen molar-refractivity contribution in [3.63, 3.8) is 0 Å². The molecule has 0 radical (unpaired) electrons. The fraction of sp³-hybridized carbons (Fsp3) is 0.240. The first kappa shape index (κ1) is 23.9. The Labute approximate surface area is 194 Å². The fourth-order valence-electron chi connectivity index (χ4n) is 3.12. The summed E-state index contributed by atoms with van der Waals surface area (Å²) in [5, 5.41) is 2.93. The topological polar surface area (TPSA) is 75.3 Å². The van der Waals surface area contributed by atoms with E-state index in [1.54, 1.807) is 61.2 Å². The van der Waals surface area contributed by atoms with Gasteiger partial charge in [0.15, 0.2) is 0 Å². The second kappa shape index (κ2) is 10.7. The molecule has 0 aliphatic carbocycles. The van der Waals surface area contributed by atoms with Crippen molar-refractivity contribution in [2.75, 3.05) is 17.0 Å². The highest BCUT2D eigenvalue weighted by Gasteiger charge is 2.18. The number of aryl methyl sites for hydroxylation is 2. The van der Waals surface area contributed by atoms with Gasteiger partial charge in [0.2, 0.25) is 0 Å². The van der Waals surface area contributed by atoms with E-state index in [9.17, 15) is 13.2 Å². The van der Waals surface area contributed by atoms with Crippen molar-refractivity contribution in [2.45, 2.75) is 31.4 Å². The Hall–Kier alpha value is -2.77. The van der Waals surface area contributed by atoms with Gasteiger partial charge in [-0.25, -0.2) is 8.42 Å². The number of amides is 1. The smallest absolute Gasteiger partial charge is 0.261 e. The van der Waals surface area contributed by atoms with Gasteiger partial charge in [-0.3, -0.25) is 9.52 Å². The number of carbonyl (C=O) groups excluding carboxylic acids is 1. The molecule has 0 heterocycles. The van der Waals surface area contributed by atoms with E-state index in [-0.39, 0.29) is 10.8 Å². The van der Waals surface area contributed by atoms with E-state index < -0.39 is 10.0 Å². The predicted molar refractivity (Wildman–Crippen MR) is 133 cm³/mol. The molecule has 0 saturated carbocycles. The summed E-state index contributed by atoms with van der Waals surface area (Å²) in [6.07, 6.45) is 0. The van der Waals surface area contributed by atoms with E-state index in [1.165, 1.54) is 11.1 Å². The average molecular weight is 469 g/mol. The third-order valence-corrected chi connectivity index (χ3v) is 7.49. The summed E-state index contributed by atoms with van der Waals surface area (Å²) in [7, 11) is -3.73. The number of hydrogen-bond acceptors (Lipinski definition) is 4. The second-order valence-corrected chi connectivity index (χ2v) is 10.5. The quantitative estimate of drug-likeness (QED) is 0.430. The molecule has 3 rings (SSSR count). The van der Waals surface area contributed by atoms with Crippen molar-refractivity contribution in [3.8, 4) is 0 Å². The molecule has 0 unspecified atom stereocenters. The first-order valence-electron chi connectivity index (χ1n) is 10.4. The molecular formula is C25H28N2O3S2. The minimum Gasteiger partial charge on any atom is -0.351 e. The van der Waals surface area contributed by atoms with Gasteiger partial charge in [0.25, 0.3) is 15.9 Å². The van der Waals surface area contributed by atoms with Gasteiger partial charge in [-0.05, 0) is 56.2 Å². The third-order valence-electron chi connectivity index (χ3n) is 5.08. The molecular weight excluding hydrogens is 440 g/mol. The summed E-state index contributed by atoms with van der Waals surface area (Å²) in [6, 6.07) is 20.1. The van der Waals surface area contributed by atoms with Crippen LogP contribution >= 0.6 is 11.8 Å². The molecule has 3 aromatic rings. The van der Waals surface area contributed by atoms with E-state index in [0.29, 0.717) is 23.4 Å². The molecule has 0 spiro atoms. The van der Waals surface area contributed by atoms with Crippen molar-refractivity contribution < 1.29 is 13.2 Å². The average Bonchev–Trinajstić information content (AvgIpc) is 2.76. The SMILES string of the molecule is Cc1ccc(CSCCNC(=O)c2cccc(NS(=O)(=O)c3ccc(C)cc3)c2C)cc1. The van der Waals surface area contributed by atoms with E-state index >= 15 is 0 Å². The van der Waals surface area contributed by atoms with E-state index in [4.69, 9.17) is 0 Å². The maximum absolute atomic E-state index is 12.7. The number of thioether (sulfide) groups is 1. The lowest BCUT2D eigenvalue weighted by Gasteiger charge is -2.14. The van der Waals surface area contributed by atoms with Gasteiger partial charge in [0.1, 0.15) is 0 Å².